The van der Waals surface area contributed by atoms with Crippen molar-refractivity contribution in [1.29, 1.82) is 0 Å². The first-order valence-corrected chi connectivity index (χ1v) is 9.28. The predicted octanol–water partition coefficient (Wildman–Crippen LogP) is 4.93. The van der Waals surface area contributed by atoms with Crippen LogP contribution in [0.3, 0.4) is 0 Å². The normalized spacial score (nSPS) is 17.8. The zero-order chi connectivity index (χ0) is 19.5. The summed E-state index contributed by atoms with van der Waals surface area (Å²) >= 11 is 0. The molecule has 27 heavy (non-hydrogen) atoms. The second-order valence-electron chi connectivity index (χ2n) is 7.27. The molecule has 3 nitrogen and oxygen atoms in total. The Balaban J connectivity index is 2.16. The van der Waals surface area contributed by atoms with Crippen LogP contribution in [-0.4, -0.2) is 28.3 Å². The molecule has 4 rings (SSSR count). The molecule has 2 aliphatic rings. The third kappa shape index (κ3) is 2.35. The largest absolute Gasteiger partial charge is 0.737 e. The summed E-state index contributed by atoms with van der Waals surface area (Å²) in [6.45, 7) is 5.78. The summed E-state index contributed by atoms with van der Waals surface area (Å²) < 4.78 is 39.5. The smallest absolute Gasteiger partial charge is 0.493 e. The third-order valence-electron chi connectivity index (χ3n) is 5.39. The molecule has 0 N–H and O–H groups in total. The van der Waals surface area contributed by atoms with Gasteiger partial charge in [0, 0.05) is 29.8 Å². The van der Waals surface area contributed by atoms with Crippen LogP contribution in [0.15, 0.2) is 47.7 Å². The Kier molecular flexibility index (Phi) is 3.91. The van der Waals surface area contributed by atoms with Gasteiger partial charge >= 0.3 is 6.97 Å². The molecule has 0 unspecified atom stereocenters. The molecule has 0 saturated carbocycles. The number of para-hydroxylation sites is 1. The van der Waals surface area contributed by atoms with Gasteiger partial charge in [0.25, 0.3) is 0 Å². The van der Waals surface area contributed by atoms with Crippen LogP contribution >= 0.6 is 0 Å². The van der Waals surface area contributed by atoms with Gasteiger partial charge in [0.15, 0.2) is 5.70 Å². The van der Waals surface area contributed by atoms with Gasteiger partial charge in [-0.2, -0.15) is 0 Å². The molecule has 0 atom stereocenters. The summed E-state index contributed by atoms with van der Waals surface area (Å²) in [5.41, 5.74) is 5.64. The van der Waals surface area contributed by atoms with Crippen LogP contribution in [-0.2, 0) is 0 Å². The van der Waals surface area contributed by atoms with Crippen molar-refractivity contribution in [3.63, 3.8) is 0 Å². The number of aromatic nitrogens is 1. The van der Waals surface area contributed by atoms with E-state index in [9.17, 15) is 0 Å². The fourth-order valence-electron chi connectivity index (χ4n) is 4.51. The summed E-state index contributed by atoms with van der Waals surface area (Å²) in [5, 5.41) is 0. The zero-order valence-corrected chi connectivity index (χ0v) is 16.3. The number of nitrogens with zero attached hydrogens (tertiary/aromatic N) is 2. The number of fused-ring (bicyclic) bond motifs is 2. The highest BCUT2D eigenvalue weighted by molar-refractivity contribution is 6.58. The van der Waals surface area contributed by atoms with Crippen molar-refractivity contribution in [2.75, 3.05) is 6.61 Å². The van der Waals surface area contributed by atoms with Gasteiger partial charge in [0.2, 0.25) is 0 Å². The van der Waals surface area contributed by atoms with Gasteiger partial charge in [-0.25, -0.2) is 0 Å². The first kappa shape index (κ1) is 17.8. The molecule has 0 radical (unpaired) electrons. The molecule has 0 saturated heterocycles. The van der Waals surface area contributed by atoms with Gasteiger partial charge in [-0.15, -0.1) is 0 Å². The first-order valence-electron chi connectivity index (χ1n) is 9.28. The van der Waals surface area contributed by atoms with Crippen molar-refractivity contribution in [2.45, 2.75) is 34.6 Å². The van der Waals surface area contributed by atoms with E-state index in [4.69, 9.17) is 4.74 Å². The molecular weight excluding hydrogens is 345 g/mol. The van der Waals surface area contributed by atoms with E-state index in [0.29, 0.717) is 35.2 Å². The lowest BCUT2D eigenvalue weighted by Crippen LogP contribution is -2.51. The lowest BCUT2D eigenvalue weighted by molar-refractivity contribution is -0.363. The van der Waals surface area contributed by atoms with E-state index in [1.807, 2.05) is 57.2 Å². The van der Waals surface area contributed by atoms with Crippen molar-refractivity contribution < 1.29 is 17.9 Å². The summed E-state index contributed by atoms with van der Waals surface area (Å²) in [5.74, 6) is 0.710. The van der Waals surface area contributed by atoms with E-state index in [-0.39, 0.29) is 0 Å². The minimum atomic E-state index is -3.95. The highest BCUT2D eigenvalue weighted by Crippen LogP contribution is 2.45. The minimum absolute atomic E-state index is 0.516. The lowest BCUT2D eigenvalue weighted by Gasteiger charge is -2.34. The number of ether oxygens (including phenoxy) is 1. The highest BCUT2D eigenvalue weighted by atomic mass is 19.2. The Bertz CT molecular complexity index is 1060. The molecular formula is C21H23BF2N2O. The van der Waals surface area contributed by atoms with Crippen molar-refractivity contribution in [3.05, 3.63) is 70.2 Å². The fraction of sp³-hybridized carbons (Fsp3) is 0.286. The number of rotatable bonds is 3. The Morgan fingerprint density at radius 1 is 1.11 bits per heavy atom. The van der Waals surface area contributed by atoms with E-state index >= 15 is 8.63 Å². The Morgan fingerprint density at radius 3 is 2.52 bits per heavy atom. The standard InChI is InChI=1S/C21H23BF2N2O/c1-6-27-18-10-8-7-9-17(18)19-20-13(2)11-15(4)25(20)22(23,24)26-16(5)12-14(3)21(19)26/h7-12H,6H2,1-5H3. The molecule has 2 aromatic rings. The average Bonchev–Trinajstić information content (AvgIpc) is 3.07. The second-order valence-corrected chi connectivity index (χ2v) is 7.27. The summed E-state index contributed by atoms with van der Waals surface area (Å²) in [7, 11) is 0. The summed E-state index contributed by atoms with van der Waals surface area (Å²) in [6.07, 6.45) is 1.84. The average molecular weight is 368 g/mol. The van der Waals surface area contributed by atoms with Gasteiger partial charge in [0.1, 0.15) is 11.5 Å². The number of hydrogen-bond donors (Lipinski definition) is 0. The third-order valence-corrected chi connectivity index (χ3v) is 5.39. The molecule has 6 heteroatoms. The monoisotopic (exact) mass is 368 g/mol. The van der Waals surface area contributed by atoms with Crippen LogP contribution in [0, 0.1) is 13.8 Å². The highest BCUT2D eigenvalue weighted by Gasteiger charge is 2.55. The van der Waals surface area contributed by atoms with Gasteiger partial charge in [-0.05, 0) is 51.1 Å². The first-order chi connectivity index (χ1) is 12.8. The van der Waals surface area contributed by atoms with Crippen LogP contribution in [0.1, 0.15) is 43.3 Å². The van der Waals surface area contributed by atoms with Crippen molar-refractivity contribution in [2.24, 2.45) is 0 Å². The van der Waals surface area contributed by atoms with Crippen LogP contribution in [0.4, 0.5) is 8.63 Å². The molecule has 0 aliphatic carbocycles. The fourth-order valence-corrected chi connectivity index (χ4v) is 4.51. The van der Waals surface area contributed by atoms with Crippen LogP contribution < -0.4 is 4.74 Å². The number of allylic oxidation sites excluding steroid dienone is 2. The lowest BCUT2D eigenvalue weighted by atomic mass is 9.83. The Morgan fingerprint density at radius 2 is 1.81 bits per heavy atom. The van der Waals surface area contributed by atoms with Gasteiger partial charge in [0.05, 0.1) is 12.2 Å². The molecule has 2 aliphatic heterocycles. The van der Waals surface area contributed by atoms with Gasteiger partial charge < -0.3 is 22.3 Å². The van der Waals surface area contributed by atoms with Crippen LogP contribution in [0.5, 0.6) is 5.75 Å². The molecule has 1 aromatic heterocycles. The topological polar surface area (TPSA) is 17.2 Å². The molecule has 140 valence electrons. The van der Waals surface area contributed by atoms with Crippen molar-refractivity contribution >= 4 is 18.3 Å². The number of halogens is 2. The molecule has 1 aromatic carbocycles. The van der Waals surface area contributed by atoms with E-state index in [1.165, 1.54) is 8.96 Å². The van der Waals surface area contributed by atoms with E-state index in [2.05, 4.69) is 0 Å². The van der Waals surface area contributed by atoms with Crippen molar-refractivity contribution in [3.8, 4) is 5.75 Å². The van der Waals surface area contributed by atoms with E-state index < -0.39 is 6.97 Å². The maximum Gasteiger partial charge on any atom is 0.737 e. The predicted molar refractivity (Wildman–Crippen MR) is 106 cm³/mol. The molecule has 0 fully saturated rings. The maximum absolute atomic E-state index is 15.6. The van der Waals surface area contributed by atoms with Crippen molar-refractivity contribution in [1.82, 2.24) is 4.48 Å². The van der Waals surface area contributed by atoms with Crippen LogP contribution in [0.25, 0.3) is 5.57 Å². The van der Waals surface area contributed by atoms with E-state index in [1.54, 1.807) is 13.8 Å². The number of benzene rings is 1. The molecule has 0 bridgehead atoms. The SMILES string of the molecule is CCOc1ccccc1C1=C2C(C)=CC(C)=[N+]2[B-](F)(F)n2c(C)cc(C)c21. The summed E-state index contributed by atoms with van der Waals surface area (Å²) in [6, 6.07) is 9.52. The molecule has 0 spiro atoms. The second kappa shape index (κ2) is 5.94. The van der Waals surface area contributed by atoms with Crippen LogP contribution in [0.2, 0.25) is 0 Å². The number of aryl methyl sites for hydroxylation is 2. The number of hydrogen-bond acceptors (Lipinski definition) is 1. The Hall–Kier alpha value is -2.63. The quantitative estimate of drug-likeness (QED) is 0.702. The summed E-state index contributed by atoms with van der Waals surface area (Å²) in [4.78, 5) is 0. The van der Waals surface area contributed by atoms with Gasteiger partial charge in [-0.1, -0.05) is 18.2 Å². The molecule has 0 amide bonds. The maximum atomic E-state index is 15.6. The zero-order valence-electron chi connectivity index (χ0n) is 16.3. The van der Waals surface area contributed by atoms with Gasteiger partial charge in [-0.3, -0.25) is 0 Å². The molecule has 3 heterocycles. The van der Waals surface area contributed by atoms with E-state index in [0.717, 1.165) is 22.3 Å². The minimum Gasteiger partial charge on any atom is -0.493 e. The Labute approximate surface area is 158 Å².